The molecule has 0 atom stereocenters. The monoisotopic (exact) mass is 338 g/mol. The summed E-state index contributed by atoms with van der Waals surface area (Å²) < 4.78 is 0. The molecule has 3 aromatic rings. The van der Waals surface area contributed by atoms with Crippen LogP contribution in [0.1, 0.15) is 23.2 Å². The fourth-order valence-corrected chi connectivity index (χ4v) is 3.63. The number of rotatable bonds is 3. The van der Waals surface area contributed by atoms with E-state index in [-0.39, 0.29) is 5.91 Å². The van der Waals surface area contributed by atoms with Crippen LogP contribution in [0.25, 0.3) is 10.9 Å². The van der Waals surface area contributed by atoms with Crippen LogP contribution in [0.3, 0.4) is 0 Å². The van der Waals surface area contributed by atoms with Crippen LogP contribution >= 0.6 is 11.6 Å². The van der Waals surface area contributed by atoms with Crippen LogP contribution in [0, 0.1) is 0 Å². The first-order valence-corrected chi connectivity index (χ1v) is 8.69. The standard InChI is InChI=1S/C20H19ClN2O/c21-15-7-8-16-17-13-23(11-10-18(17)22-19(16)12-15)20(24)9-6-14-4-2-1-3-5-14/h1-5,7-8,12,22H,6,9-11,13H2. The Hall–Kier alpha value is -2.26. The van der Waals surface area contributed by atoms with Crippen LogP contribution in [-0.4, -0.2) is 22.3 Å². The van der Waals surface area contributed by atoms with E-state index in [4.69, 9.17) is 11.6 Å². The molecule has 24 heavy (non-hydrogen) atoms. The van der Waals surface area contributed by atoms with Gasteiger partial charge in [-0.05, 0) is 24.1 Å². The number of fused-ring (bicyclic) bond motifs is 3. The van der Waals surface area contributed by atoms with Gasteiger partial charge in [0.05, 0.1) is 0 Å². The van der Waals surface area contributed by atoms with E-state index in [1.54, 1.807) is 0 Å². The van der Waals surface area contributed by atoms with Crippen molar-refractivity contribution in [2.24, 2.45) is 0 Å². The third-order valence-electron chi connectivity index (χ3n) is 4.76. The first-order chi connectivity index (χ1) is 11.7. The first-order valence-electron chi connectivity index (χ1n) is 8.31. The third-order valence-corrected chi connectivity index (χ3v) is 5.00. The molecule has 4 heteroatoms. The topological polar surface area (TPSA) is 36.1 Å². The van der Waals surface area contributed by atoms with Gasteiger partial charge in [-0.25, -0.2) is 0 Å². The Morgan fingerprint density at radius 2 is 2.00 bits per heavy atom. The molecule has 1 aromatic heterocycles. The number of carbonyl (C=O) groups excluding carboxylic acids is 1. The van der Waals surface area contributed by atoms with Gasteiger partial charge in [0.2, 0.25) is 5.91 Å². The maximum absolute atomic E-state index is 12.6. The van der Waals surface area contributed by atoms with E-state index >= 15 is 0 Å². The second-order valence-electron chi connectivity index (χ2n) is 6.32. The maximum Gasteiger partial charge on any atom is 0.223 e. The summed E-state index contributed by atoms with van der Waals surface area (Å²) in [6, 6.07) is 16.1. The van der Waals surface area contributed by atoms with Crippen molar-refractivity contribution >= 4 is 28.4 Å². The lowest BCUT2D eigenvalue weighted by Crippen LogP contribution is -2.35. The quantitative estimate of drug-likeness (QED) is 0.757. The molecule has 3 nitrogen and oxygen atoms in total. The number of aromatic amines is 1. The molecule has 1 N–H and O–H groups in total. The van der Waals surface area contributed by atoms with Crippen LogP contribution in [0.5, 0.6) is 0 Å². The summed E-state index contributed by atoms with van der Waals surface area (Å²) in [6.07, 6.45) is 2.23. The highest BCUT2D eigenvalue weighted by Crippen LogP contribution is 2.29. The van der Waals surface area contributed by atoms with Crippen molar-refractivity contribution in [3.8, 4) is 0 Å². The minimum atomic E-state index is 0.229. The molecule has 1 aliphatic rings. The Morgan fingerprint density at radius 3 is 2.83 bits per heavy atom. The second kappa shape index (κ2) is 6.33. The van der Waals surface area contributed by atoms with Crippen LogP contribution < -0.4 is 0 Å². The average Bonchev–Trinajstić information content (AvgIpc) is 2.97. The van der Waals surface area contributed by atoms with Gasteiger partial charge in [0, 0.05) is 53.1 Å². The first kappa shape index (κ1) is 15.3. The van der Waals surface area contributed by atoms with Gasteiger partial charge in [0.1, 0.15) is 0 Å². The zero-order valence-corrected chi connectivity index (χ0v) is 14.1. The summed E-state index contributed by atoms with van der Waals surface area (Å²) in [5.74, 6) is 0.229. The number of hydrogen-bond donors (Lipinski definition) is 1. The molecule has 0 unspecified atom stereocenters. The highest BCUT2D eigenvalue weighted by Gasteiger charge is 2.23. The fraction of sp³-hybridized carbons (Fsp3) is 0.250. The number of nitrogens with one attached hydrogen (secondary N) is 1. The number of carbonyl (C=O) groups is 1. The summed E-state index contributed by atoms with van der Waals surface area (Å²) in [6.45, 7) is 1.46. The molecule has 0 fully saturated rings. The maximum atomic E-state index is 12.6. The molecule has 1 aliphatic heterocycles. The van der Waals surface area contributed by atoms with Crippen molar-refractivity contribution in [3.63, 3.8) is 0 Å². The zero-order valence-electron chi connectivity index (χ0n) is 13.4. The molecule has 2 heterocycles. The Kier molecular flexibility index (Phi) is 4.03. The molecule has 0 spiro atoms. The molecule has 1 amide bonds. The Balaban J connectivity index is 1.49. The summed E-state index contributed by atoms with van der Waals surface area (Å²) in [5.41, 5.74) is 4.75. The van der Waals surface area contributed by atoms with E-state index in [2.05, 4.69) is 17.1 Å². The predicted octanol–water partition coefficient (Wildman–Crippen LogP) is 4.34. The van der Waals surface area contributed by atoms with Gasteiger partial charge >= 0.3 is 0 Å². The Labute approximate surface area is 146 Å². The molecule has 2 aromatic carbocycles. The highest BCUT2D eigenvalue weighted by molar-refractivity contribution is 6.31. The van der Waals surface area contributed by atoms with Crippen LogP contribution in [0.15, 0.2) is 48.5 Å². The summed E-state index contributed by atoms with van der Waals surface area (Å²) in [7, 11) is 0. The molecule has 4 rings (SSSR count). The SMILES string of the molecule is O=C(CCc1ccccc1)N1CCc2[nH]c3cc(Cl)ccc3c2C1. The number of nitrogens with zero attached hydrogens (tertiary/aromatic N) is 1. The average molecular weight is 339 g/mol. The summed E-state index contributed by atoms with van der Waals surface area (Å²) in [4.78, 5) is 18.0. The van der Waals surface area contributed by atoms with Crippen molar-refractivity contribution < 1.29 is 4.79 Å². The van der Waals surface area contributed by atoms with Gasteiger partial charge in [0.25, 0.3) is 0 Å². The Morgan fingerprint density at radius 1 is 1.17 bits per heavy atom. The molecule has 0 bridgehead atoms. The van der Waals surface area contributed by atoms with Crippen LogP contribution in [-0.2, 0) is 24.2 Å². The number of benzene rings is 2. The molecule has 0 radical (unpaired) electrons. The van der Waals surface area contributed by atoms with Crippen molar-refractivity contribution in [1.82, 2.24) is 9.88 Å². The predicted molar refractivity (Wildman–Crippen MR) is 97.2 cm³/mol. The van der Waals surface area contributed by atoms with Gasteiger partial charge in [-0.3, -0.25) is 4.79 Å². The number of aryl methyl sites for hydroxylation is 1. The fourth-order valence-electron chi connectivity index (χ4n) is 3.46. The minimum Gasteiger partial charge on any atom is -0.358 e. The number of amides is 1. The van der Waals surface area contributed by atoms with E-state index in [1.165, 1.54) is 22.2 Å². The van der Waals surface area contributed by atoms with E-state index in [9.17, 15) is 4.79 Å². The number of aromatic nitrogens is 1. The van der Waals surface area contributed by atoms with Crippen molar-refractivity contribution in [2.75, 3.05) is 6.54 Å². The second-order valence-corrected chi connectivity index (χ2v) is 6.76. The number of hydrogen-bond acceptors (Lipinski definition) is 1. The summed E-state index contributed by atoms with van der Waals surface area (Å²) in [5, 5.41) is 1.91. The largest absolute Gasteiger partial charge is 0.358 e. The van der Waals surface area contributed by atoms with Gasteiger partial charge in [-0.2, -0.15) is 0 Å². The molecule has 0 saturated carbocycles. The smallest absolute Gasteiger partial charge is 0.223 e. The van der Waals surface area contributed by atoms with Crippen molar-refractivity contribution in [2.45, 2.75) is 25.8 Å². The van der Waals surface area contributed by atoms with Crippen LogP contribution in [0.4, 0.5) is 0 Å². The Bertz CT molecular complexity index is 885. The van der Waals surface area contributed by atoms with E-state index < -0.39 is 0 Å². The van der Waals surface area contributed by atoms with Crippen molar-refractivity contribution in [3.05, 3.63) is 70.4 Å². The lowest BCUT2D eigenvalue weighted by atomic mass is 10.0. The number of halogens is 1. The van der Waals surface area contributed by atoms with E-state index in [1.807, 2.05) is 41.3 Å². The molecular weight excluding hydrogens is 320 g/mol. The molecule has 122 valence electrons. The van der Waals surface area contributed by atoms with Gasteiger partial charge in [-0.15, -0.1) is 0 Å². The van der Waals surface area contributed by atoms with E-state index in [0.717, 1.165) is 29.9 Å². The zero-order chi connectivity index (χ0) is 16.5. The molecule has 0 aliphatic carbocycles. The molecular formula is C20H19ClN2O. The molecule has 0 saturated heterocycles. The third kappa shape index (κ3) is 2.92. The lowest BCUT2D eigenvalue weighted by Gasteiger charge is -2.27. The normalized spacial score (nSPS) is 14.0. The van der Waals surface area contributed by atoms with Gasteiger partial charge in [0.15, 0.2) is 0 Å². The van der Waals surface area contributed by atoms with Gasteiger partial charge < -0.3 is 9.88 Å². The van der Waals surface area contributed by atoms with E-state index in [0.29, 0.717) is 13.0 Å². The minimum absolute atomic E-state index is 0.229. The van der Waals surface area contributed by atoms with Crippen LogP contribution in [0.2, 0.25) is 5.02 Å². The lowest BCUT2D eigenvalue weighted by molar-refractivity contribution is -0.132. The van der Waals surface area contributed by atoms with Gasteiger partial charge in [-0.1, -0.05) is 48.0 Å². The highest BCUT2D eigenvalue weighted by atomic mass is 35.5. The summed E-state index contributed by atoms with van der Waals surface area (Å²) >= 11 is 6.08. The number of H-pyrrole nitrogens is 1. The van der Waals surface area contributed by atoms with Crippen molar-refractivity contribution in [1.29, 1.82) is 0 Å².